The highest BCUT2D eigenvalue weighted by Gasteiger charge is 2.61. The van der Waals surface area contributed by atoms with Crippen LogP contribution in [0.25, 0.3) is 0 Å². The molecule has 224 valence electrons. The fourth-order valence-electron chi connectivity index (χ4n) is 10.9. The van der Waals surface area contributed by atoms with Crippen LogP contribution < -0.4 is 4.90 Å². The van der Waals surface area contributed by atoms with E-state index in [1.54, 1.807) is 11.1 Å². The average molecular weight is 596 g/mol. The molecule has 6 aliphatic rings. The lowest BCUT2D eigenvalue weighted by atomic mass is 9.42. The SMILES string of the molecule is CC1(C)CCC(C)(C)c2cc(N(c3ccccc3)c3cccc4c3C3(c5ccccc5S4)C4CC5CC(C4)CC3C5)ccc21. The summed E-state index contributed by atoms with van der Waals surface area (Å²) in [5.74, 6) is 3.30. The first kappa shape index (κ1) is 27.3. The molecule has 1 heterocycles. The van der Waals surface area contributed by atoms with Crippen LogP contribution in [0, 0.1) is 23.7 Å². The van der Waals surface area contributed by atoms with Crippen LogP contribution >= 0.6 is 11.8 Å². The Morgan fingerprint density at radius 2 is 1.20 bits per heavy atom. The number of anilines is 3. The molecule has 1 nitrogen and oxygen atoms in total. The predicted molar refractivity (Wildman–Crippen MR) is 185 cm³/mol. The quantitative estimate of drug-likeness (QED) is 0.232. The van der Waals surface area contributed by atoms with Crippen LogP contribution in [0.5, 0.6) is 0 Å². The first-order chi connectivity index (χ1) is 21.3. The van der Waals surface area contributed by atoms with E-state index in [2.05, 4.69) is 124 Å². The van der Waals surface area contributed by atoms with Gasteiger partial charge in [-0.15, -0.1) is 0 Å². The Labute approximate surface area is 268 Å². The monoisotopic (exact) mass is 595 g/mol. The molecule has 1 spiro atoms. The van der Waals surface area contributed by atoms with E-state index < -0.39 is 0 Å². The fourth-order valence-corrected chi connectivity index (χ4v) is 12.1. The van der Waals surface area contributed by atoms with Gasteiger partial charge in [0, 0.05) is 32.1 Å². The molecule has 4 aromatic rings. The first-order valence-corrected chi connectivity index (χ1v) is 18.0. The molecule has 2 heteroatoms. The zero-order valence-electron chi connectivity index (χ0n) is 26.8. The number of hydrogen-bond acceptors (Lipinski definition) is 2. The molecule has 0 radical (unpaired) electrons. The molecule has 0 saturated heterocycles. The summed E-state index contributed by atoms with van der Waals surface area (Å²) in [6, 6.07) is 35.4. The summed E-state index contributed by atoms with van der Waals surface area (Å²) in [4.78, 5) is 5.61. The van der Waals surface area contributed by atoms with Gasteiger partial charge in [-0.1, -0.05) is 88.0 Å². The van der Waals surface area contributed by atoms with Crippen molar-refractivity contribution in [1.82, 2.24) is 0 Å². The van der Waals surface area contributed by atoms with Gasteiger partial charge in [-0.25, -0.2) is 0 Å². The summed E-state index contributed by atoms with van der Waals surface area (Å²) in [6.07, 6.45) is 9.53. The molecular formula is C42H45NS. The third-order valence-electron chi connectivity index (χ3n) is 12.7. The van der Waals surface area contributed by atoms with Crippen LogP contribution in [0.2, 0.25) is 0 Å². The van der Waals surface area contributed by atoms with Crippen molar-refractivity contribution in [3.05, 3.63) is 113 Å². The van der Waals surface area contributed by atoms with Crippen LogP contribution in [0.1, 0.15) is 94.9 Å². The van der Waals surface area contributed by atoms with Crippen LogP contribution in [-0.4, -0.2) is 0 Å². The molecule has 0 aromatic heterocycles. The second-order valence-electron chi connectivity index (χ2n) is 16.1. The molecule has 4 aromatic carbocycles. The van der Waals surface area contributed by atoms with E-state index in [4.69, 9.17) is 0 Å². The average Bonchev–Trinajstić information content (AvgIpc) is 3.02. The second-order valence-corrected chi connectivity index (χ2v) is 17.2. The maximum atomic E-state index is 2.64. The van der Waals surface area contributed by atoms with Gasteiger partial charge < -0.3 is 4.90 Å². The zero-order chi connectivity index (χ0) is 29.8. The lowest BCUT2D eigenvalue weighted by Crippen LogP contribution is -2.57. The summed E-state index contributed by atoms with van der Waals surface area (Å²) in [5, 5.41) is 0. The van der Waals surface area contributed by atoms with Gasteiger partial charge in [0.05, 0.1) is 5.69 Å². The minimum Gasteiger partial charge on any atom is -0.310 e. The normalized spacial score (nSPS) is 30.0. The zero-order valence-corrected chi connectivity index (χ0v) is 27.6. The van der Waals surface area contributed by atoms with Crippen molar-refractivity contribution in [1.29, 1.82) is 0 Å². The topological polar surface area (TPSA) is 3.24 Å². The Kier molecular flexibility index (Phi) is 5.92. The van der Waals surface area contributed by atoms with Crippen LogP contribution in [0.4, 0.5) is 17.1 Å². The lowest BCUT2D eigenvalue weighted by Gasteiger charge is -2.63. The van der Waals surface area contributed by atoms with Crippen molar-refractivity contribution in [2.45, 2.75) is 98.7 Å². The lowest BCUT2D eigenvalue weighted by molar-refractivity contribution is -0.0441. The van der Waals surface area contributed by atoms with Gasteiger partial charge in [0.1, 0.15) is 0 Å². The Morgan fingerprint density at radius 3 is 1.93 bits per heavy atom. The molecule has 4 fully saturated rings. The largest absolute Gasteiger partial charge is 0.310 e. The maximum Gasteiger partial charge on any atom is 0.0514 e. The highest BCUT2D eigenvalue weighted by molar-refractivity contribution is 7.99. The molecule has 0 unspecified atom stereocenters. The predicted octanol–water partition coefficient (Wildman–Crippen LogP) is 11.7. The Morgan fingerprint density at radius 1 is 0.568 bits per heavy atom. The molecule has 4 saturated carbocycles. The molecule has 44 heavy (non-hydrogen) atoms. The molecule has 0 atom stereocenters. The number of nitrogens with zero attached hydrogens (tertiary/aromatic N) is 1. The summed E-state index contributed by atoms with van der Waals surface area (Å²) in [7, 11) is 0. The summed E-state index contributed by atoms with van der Waals surface area (Å²) in [5.41, 5.74) is 10.7. The Bertz CT molecular complexity index is 1740. The van der Waals surface area contributed by atoms with E-state index in [-0.39, 0.29) is 16.2 Å². The number of rotatable bonds is 3. The van der Waals surface area contributed by atoms with Gasteiger partial charge in [-0.3, -0.25) is 0 Å². The van der Waals surface area contributed by atoms with E-state index in [0.29, 0.717) is 0 Å². The van der Waals surface area contributed by atoms with Crippen molar-refractivity contribution in [2.24, 2.45) is 23.7 Å². The smallest absolute Gasteiger partial charge is 0.0514 e. The van der Waals surface area contributed by atoms with Crippen molar-refractivity contribution >= 4 is 28.8 Å². The van der Waals surface area contributed by atoms with Crippen molar-refractivity contribution in [3.63, 3.8) is 0 Å². The van der Waals surface area contributed by atoms with Crippen LogP contribution in [0.15, 0.2) is 101 Å². The number of benzene rings is 4. The van der Waals surface area contributed by atoms with E-state index in [9.17, 15) is 0 Å². The second kappa shape index (κ2) is 9.52. The standard InChI is InChI=1S/C42H45NS/c1-40(2)19-20-41(3,4)35-26-32(17-18-33(35)40)43(31-11-6-5-7-12-31)36-14-10-16-38-39(36)42(34-13-8-9-15-37(34)44-38)29-22-27-21-28(24-29)25-30(42)23-27/h5-18,26-30H,19-25H2,1-4H3. The van der Waals surface area contributed by atoms with Crippen LogP contribution in [0.3, 0.4) is 0 Å². The fraction of sp³-hybridized carbons (Fsp3) is 0.429. The number of hydrogen-bond donors (Lipinski definition) is 0. The van der Waals surface area contributed by atoms with Crippen LogP contribution in [-0.2, 0) is 16.2 Å². The van der Waals surface area contributed by atoms with Crippen molar-refractivity contribution in [2.75, 3.05) is 4.90 Å². The minimum atomic E-state index is 0.0870. The van der Waals surface area contributed by atoms with E-state index in [0.717, 1.165) is 23.7 Å². The van der Waals surface area contributed by atoms with Crippen molar-refractivity contribution in [3.8, 4) is 0 Å². The third kappa shape index (κ3) is 3.79. The highest BCUT2D eigenvalue weighted by atomic mass is 32.2. The van der Waals surface area contributed by atoms with E-state index in [1.165, 1.54) is 82.9 Å². The number of para-hydroxylation sites is 1. The summed E-state index contributed by atoms with van der Waals surface area (Å²) in [6.45, 7) is 9.79. The molecule has 0 amide bonds. The molecule has 1 aliphatic heterocycles. The molecule has 4 bridgehead atoms. The van der Waals surface area contributed by atoms with Gasteiger partial charge in [0.15, 0.2) is 0 Å². The molecular weight excluding hydrogens is 551 g/mol. The van der Waals surface area contributed by atoms with Crippen molar-refractivity contribution < 1.29 is 0 Å². The minimum absolute atomic E-state index is 0.0870. The molecule has 0 N–H and O–H groups in total. The first-order valence-electron chi connectivity index (χ1n) is 17.2. The number of fused-ring (bicyclic) bond motifs is 3. The third-order valence-corrected chi connectivity index (χ3v) is 13.9. The Hall–Kier alpha value is -2.97. The summed E-state index contributed by atoms with van der Waals surface area (Å²) >= 11 is 2.02. The highest BCUT2D eigenvalue weighted by Crippen LogP contribution is 2.70. The maximum absolute atomic E-state index is 2.64. The van der Waals surface area contributed by atoms with Gasteiger partial charge in [-0.2, -0.15) is 0 Å². The van der Waals surface area contributed by atoms with E-state index >= 15 is 0 Å². The summed E-state index contributed by atoms with van der Waals surface area (Å²) < 4.78 is 0. The molecule has 5 aliphatic carbocycles. The molecule has 10 rings (SSSR count). The van der Waals surface area contributed by atoms with Gasteiger partial charge in [-0.05, 0) is 139 Å². The van der Waals surface area contributed by atoms with Gasteiger partial charge in [0.25, 0.3) is 0 Å². The van der Waals surface area contributed by atoms with Gasteiger partial charge >= 0.3 is 0 Å². The van der Waals surface area contributed by atoms with E-state index in [1.807, 2.05) is 11.8 Å². The van der Waals surface area contributed by atoms with Gasteiger partial charge in [0.2, 0.25) is 0 Å². The Balaban J connectivity index is 1.31.